The van der Waals surface area contributed by atoms with Crippen LogP contribution in [-0.2, 0) is 4.79 Å². The number of anilines is 1. The van der Waals surface area contributed by atoms with Crippen molar-refractivity contribution in [3.63, 3.8) is 0 Å². The van der Waals surface area contributed by atoms with E-state index in [0.29, 0.717) is 22.7 Å². The van der Waals surface area contributed by atoms with Crippen molar-refractivity contribution >= 4 is 40.8 Å². The maximum absolute atomic E-state index is 13.0. The summed E-state index contributed by atoms with van der Waals surface area (Å²) in [5.74, 6) is -0.282. The number of fused-ring (bicyclic) bond motifs is 1. The smallest absolute Gasteiger partial charge is 0.256 e. The fourth-order valence-corrected chi connectivity index (χ4v) is 4.83. The van der Waals surface area contributed by atoms with E-state index >= 15 is 0 Å². The number of nitrogens with one attached hydrogen (secondary N) is 3. The van der Waals surface area contributed by atoms with Gasteiger partial charge in [0.05, 0.1) is 11.1 Å². The Morgan fingerprint density at radius 2 is 1.86 bits per heavy atom. The lowest BCUT2D eigenvalue weighted by Gasteiger charge is -2.18. The summed E-state index contributed by atoms with van der Waals surface area (Å²) in [4.78, 5) is 31.5. The fraction of sp³-hybridized carbons (Fsp3) is 0.286. The Bertz CT molecular complexity index is 1300. The number of nitrogens with zero attached hydrogens (tertiary/aromatic N) is 1. The van der Waals surface area contributed by atoms with Crippen LogP contribution < -0.4 is 10.6 Å². The number of benzene rings is 2. The van der Waals surface area contributed by atoms with Crippen LogP contribution in [0.25, 0.3) is 22.8 Å². The molecular weight excluding hydrogens is 460 g/mol. The van der Waals surface area contributed by atoms with Gasteiger partial charge in [0.25, 0.3) is 11.8 Å². The Labute approximate surface area is 211 Å². The van der Waals surface area contributed by atoms with Crippen molar-refractivity contribution in [3.8, 4) is 11.1 Å². The molecule has 0 aliphatic carbocycles. The van der Waals surface area contributed by atoms with Crippen LogP contribution in [0.2, 0.25) is 5.02 Å². The van der Waals surface area contributed by atoms with Gasteiger partial charge in [-0.1, -0.05) is 49.7 Å². The minimum Gasteiger partial charge on any atom is -0.358 e. The summed E-state index contributed by atoms with van der Waals surface area (Å²) in [7, 11) is 0. The largest absolute Gasteiger partial charge is 0.358 e. The standard InChI is InChI=1S/C28H31ClN4O2/c1-5-33(6-2)14-13-30-28(35)25-17(3)24(31-18(25)4)16-22-26-21(19-9-7-10-20(29)15-19)11-8-12-23(26)32-27(22)34/h7-12,15-16,31H,5-6,13-14H2,1-4H3,(H,30,35)(H,32,34)/b22-16-. The molecule has 0 fully saturated rings. The molecule has 0 saturated heterocycles. The monoisotopic (exact) mass is 490 g/mol. The number of aromatic nitrogens is 1. The van der Waals surface area contributed by atoms with E-state index < -0.39 is 0 Å². The fourth-order valence-electron chi connectivity index (χ4n) is 4.64. The molecule has 2 heterocycles. The van der Waals surface area contributed by atoms with Crippen LogP contribution in [0.15, 0.2) is 42.5 Å². The summed E-state index contributed by atoms with van der Waals surface area (Å²) in [6.45, 7) is 11.3. The van der Waals surface area contributed by atoms with E-state index in [9.17, 15) is 9.59 Å². The van der Waals surface area contributed by atoms with Crippen molar-refractivity contribution in [2.24, 2.45) is 0 Å². The maximum atomic E-state index is 13.0. The zero-order chi connectivity index (χ0) is 25.1. The molecule has 6 nitrogen and oxygen atoms in total. The van der Waals surface area contributed by atoms with Crippen LogP contribution in [0.5, 0.6) is 0 Å². The van der Waals surface area contributed by atoms with E-state index in [4.69, 9.17) is 11.6 Å². The number of aryl methyl sites for hydroxylation is 1. The average molecular weight is 491 g/mol. The van der Waals surface area contributed by atoms with Crippen LogP contribution in [-0.4, -0.2) is 47.9 Å². The second-order valence-corrected chi connectivity index (χ2v) is 9.13. The number of carbonyl (C=O) groups is 2. The van der Waals surface area contributed by atoms with E-state index in [1.54, 1.807) is 0 Å². The van der Waals surface area contributed by atoms with Gasteiger partial charge in [-0.2, -0.15) is 0 Å². The summed E-state index contributed by atoms with van der Waals surface area (Å²) in [5.41, 5.74) is 6.95. The summed E-state index contributed by atoms with van der Waals surface area (Å²) < 4.78 is 0. The lowest BCUT2D eigenvalue weighted by atomic mass is 9.94. The number of amides is 2. The third-order valence-corrected chi connectivity index (χ3v) is 6.80. The molecule has 1 aliphatic rings. The van der Waals surface area contributed by atoms with E-state index in [1.807, 2.05) is 62.4 Å². The SMILES string of the molecule is CCN(CC)CCNC(=O)c1c(C)[nH]c(/C=C2\C(=O)Nc3cccc(-c4cccc(Cl)c4)c32)c1C. The van der Waals surface area contributed by atoms with Crippen molar-refractivity contribution in [1.82, 2.24) is 15.2 Å². The van der Waals surface area contributed by atoms with Gasteiger partial charge in [-0.05, 0) is 67.9 Å². The number of likely N-dealkylation sites (N-methyl/N-ethyl adjacent to an activating group) is 1. The third-order valence-electron chi connectivity index (χ3n) is 6.56. The van der Waals surface area contributed by atoms with Crippen LogP contribution in [0.3, 0.4) is 0 Å². The molecule has 35 heavy (non-hydrogen) atoms. The van der Waals surface area contributed by atoms with Gasteiger partial charge in [-0.15, -0.1) is 0 Å². The molecule has 1 aromatic heterocycles. The first-order valence-corrected chi connectivity index (χ1v) is 12.3. The molecular formula is C28H31ClN4O2. The van der Waals surface area contributed by atoms with Gasteiger partial charge in [-0.25, -0.2) is 0 Å². The molecule has 0 atom stereocenters. The molecule has 0 bridgehead atoms. The summed E-state index contributed by atoms with van der Waals surface area (Å²) >= 11 is 6.24. The second kappa shape index (κ2) is 10.5. The van der Waals surface area contributed by atoms with Crippen molar-refractivity contribution in [2.45, 2.75) is 27.7 Å². The first-order valence-electron chi connectivity index (χ1n) is 12.0. The highest BCUT2D eigenvalue weighted by molar-refractivity contribution is 6.36. The summed E-state index contributed by atoms with van der Waals surface area (Å²) in [6.07, 6.45) is 1.84. The molecule has 2 amide bonds. The highest BCUT2D eigenvalue weighted by atomic mass is 35.5. The lowest BCUT2D eigenvalue weighted by molar-refractivity contribution is -0.110. The minimum absolute atomic E-state index is 0.107. The molecule has 1 aliphatic heterocycles. The molecule has 4 rings (SSSR count). The lowest BCUT2D eigenvalue weighted by Crippen LogP contribution is -2.35. The van der Waals surface area contributed by atoms with Gasteiger partial charge in [0.2, 0.25) is 0 Å². The number of carbonyl (C=O) groups excluding carboxylic acids is 2. The quantitative estimate of drug-likeness (QED) is 0.364. The molecule has 182 valence electrons. The summed E-state index contributed by atoms with van der Waals surface area (Å²) in [6, 6.07) is 13.4. The molecule has 0 spiro atoms. The topological polar surface area (TPSA) is 77.2 Å². The van der Waals surface area contributed by atoms with Gasteiger partial charge in [-0.3, -0.25) is 9.59 Å². The zero-order valence-electron chi connectivity index (χ0n) is 20.6. The van der Waals surface area contributed by atoms with E-state index in [0.717, 1.165) is 59.0 Å². The van der Waals surface area contributed by atoms with Gasteiger partial charge in [0.15, 0.2) is 0 Å². The average Bonchev–Trinajstić information content (AvgIpc) is 3.31. The van der Waals surface area contributed by atoms with E-state index in [1.165, 1.54) is 0 Å². The van der Waals surface area contributed by atoms with Gasteiger partial charge < -0.3 is 20.5 Å². The zero-order valence-corrected chi connectivity index (χ0v) is 21.3. The summed E-state index contributed by atoms with van der Waals surface area (Å²) in [5, 5.41) is 6.64. The Hall–Kier alpha value is -3.35. The Morgan fingerprint density at radius 3 is 2.57 bits per heavy atom. The van der Waals surface area contributed by atoms with Crippen molar-refractivity contribution in [3.05, 3.63) is 75.6 Å². The molecule has 0 saturated carbocycles. The molecule has 3 aromatic rings. The first kappa shape index (κ1) is 24.8. The highest BCUT2D eigenvalue weighted by Gasteiger charge is 2.28. The predicted molar refractivity (Wildman–Crippen MR) is 144 cm³/mol. The number of halogens is 1. The molecule has 3 N–H and O–H groups in total. The Balaban J connectivity index is 1.67. The molecule has 7 heteroatoms. The van der Waals surface area contributed by atoms with E-state index in [2.05, 4.69) is 34.4 Å². The van der Waals surface area contributed by atoms with Crippen LogP contribution in [0.4, 0.5) is 5.69 Å². The number of hydrogen-bond acceptors (Lipinski definition) is 3. The van der Waals surface area contributed by atoms with Gasteiger partial charge in [0.1, 0.15) is 0 Å². The normalized spacial score (nSPS) is 13.9. The third kappa shape index (κ3) is 5.04. The Morgan fingerprint density at radius 1 is 1.11 bits per heavy atom. The van der Waals surface area contributed by atoms with Crippen molar-refractivity contribution < 1.29 is 9.59 Å². The number of aromatic amines is 1. The van der Waals surface area contributed by atoms with Gasteiger partial charge in [0, 0.05) is 40.8 Å². The number of hydrogen-bond donors (Lipinski definition) is 3. The molecule has 0 unspecified atom stereocenters. The van der Waals surface area contributed by atoms with Crippen LogP contribution in [0.1, 0.15) is 46.7 Å². The molecule has 0 radical (unpaired) electrons. The van der Waals surface area contributed by atoms with Crippen LogP contribution in [0, 0.1) is 13.8 Å². The number of H-pyrrole nitrogens is 1. The van der Waals surface area contributed by atoms with Crippen LogP contribution >= 0.6 is 11.6 Å². The second-order valence-electron chi connectivity index (χ2n) is 8.70. The highest BCUT2D eigenvalue weighted by Crippen LogP contribution is 2.41. The van der Waals surface area contributed by atoms with Gasteiger partial charge >= 0.3 is 0 Å². The first-order chi connectivity index (χ1) is 16.8. The Kier molecular flexibility index (Phi) is 7.43. The van der Waals surface area contributed by atoms with Crippen molar-refractivity contribution in [1.29, 1.82) is 0 Å². The predicted octanol–water partition coefficient (Wildman–Crippen LogP) is 5.52. The van der Waals surface area contributed by atoms with E-state index in [-0.39, 0.29) is 11.8 Å². The minimum atomic E-state index is -0.175. The molecule has 2 aromatic carbocycles. The number of rotatable bonds is 8. The van der Waals surface area contributed by atoms with Crippen molar-refractivity contribution in [2.75, 3.05) is 31.5 Å². The maximum Gasteiger partial charge on any atom is 0.256 e.